The standard InChI is InChI=1S/C19H15F3N2O3S/c20-19(21,22)14-5-7-15(8-6-14)24-28(25,26)16-9-3-12(4-10-16)17-11-23-18(27-17)13-1-2-13/h3-11,13,24H,1-2H2. The van der Waals surface area contributed by atoms with Gasteiger partial charge in [0.1, 0.15) is 0 Å². The number of sulfonamides is 1. The fraction of sp³-hybridized carbons (Fsp3) is 0.211. The summed E-state index contributed by atoms with van der Waals surface area (Å²) >= 11 is 0. The minimum Gasteiger partial charge on any atom is -0.440 e. The van der Waals surface area contributed by atoms with Crippen LogP contribution in [0.4, 0.5) is 18.9 Å². The van der Waals surface area contributed by atoms with Gasteiger partial charge in [-0.25, -0.2) is 13.4 Å². The summed E-state index contributed by atoms with van der Waals surface area (Å²) in [5.74, 6) is 1.62. The molecular weight excluding hydrogens is 393 g/mol. The van der Waals surface area contributed by atoms with Gasteiger partial charge in [-0.05, 0) is 61.4 Å². The summed E-state index contributed by atoms with van der Waals surface area (Å²) in [7, 11) is -3.94. The van der Waals surface area contributed by atoms with Gasteiger partial charge >= 0.3 is 6.18 Å². The van der Waals surface area contributed by atoms with Crippen molar-refractivity contribution in [3.63, 3.8) is 0 Å². The number of hydrogen-bond acceptors (Lipinski definition) is 4. The first-order valence-corrected chi connectivity index (χ1v) is 9.97. The number of alkyl halides is 3. The monoisotopic (exact) mass is 408 g/mol. The molecule has 3 aromatic rings. The molecule has 2 aromatic carbocycles. The van der Waals surface area contributed by atoms with E-state index < -0.39 is 21.8 Å². The third-order valence-electron chi connectivity index (χ3n) is 4.36. The van der Waals surface area contributed by atoms with E-state index in [1.54, 1.807) is 18.3 Å². The number of nitrogens with one attached hydrogen (secondary N) is 1. The molecule has 1 fully saturated rings. The highest BCUT2D eigenvalue weighted by molar-refractivity contribution is 7.92. The molecule has 0 radical (unpaired) electrons. The molecular formula is C19H15F3N2O3S. The van der Waals surface area contributed by atoms with Crippen LogP contribution in [0.15, 0.2) is 64.0 Å². The molecule has 0 aliphatic heterocycles. The molecule has 1 aliphatic rings. The van der Waals surface area contributed by atoms with Crippen molar-refractivity contribution in [1.82, 2.24) is 4.98 Å². The summed E-state index contributed by atoms with van der Waals surface area (Å²) in [4.78, 5) is 4.21. The number of benzene rings is 2. The molecule has 0 amide bonds. The highest BCUT2D eigenvalue weighted by atomic mass is 32.2. The average molecular weight is 408 g/mol. The third-order valence-corrected chi connectivity index (χ3v) is 5.76. The second kappa shape index (κ2) is 6.66. The van der Waals surface area contributed by atoms with Crippen LogP contribution in [0.3, 0.4) is 0 Å². The van der Waals surface area contributed by atoms with Crippen molar-refractivity contribution in [2.45, 2.75) is 29.8 Å². The van der Waals surface area contributed by atoms with Gasteiger partial charge in [0.05, 0.1) is 16.7 Å². The van der Waals surface area contributed by atoms with Crippen LogP contribution in [-0.2, 0) is 16.2 Å². The highest BCUT2D eigenvalue weighted by Crippen LogP contribution is 2.40. The van der Waals surface area contributed by atoms with E-state index in [1.807, 2.05) is 0 Å². The zero-order valence-corrected chi connectivity index (χ0v) is 15.2. The molecule has 1 N–H and O–H groups in total. The van der Waals surface area contributed by atoms with E-state index in [9.17, 15) is 21.6 Å². The maximum absolute atomic E-state index is 12.6. The fourth-order valence-electron chi connectivity index (χ4n) is 2.68. The van der Waals surface area contributed by atoms with Gasteiger partial charge in [-0.1, -0.05) is 0 Å². The van der Waals surface area contributed by atoms with Crippen molar-refractivity contribution in [1.29, 1.82) is 0 Å². The van der Waals surface area contributed by atoms with Crippen LogP contribution in [0.5, 0.6) is 0 Å². The molecule has 1 saturated carbocycles. The summed E-state index contributed by atoms with van der Waals surface area (Å²) in [6, 6.07) is 9.79. The van der Waals surface area contributed by atoms with Crippen LogP contribution in [0.25, 0.3) is 11.3 Å². The molecule has 0 atom stereocenters. The molecule has 5 nitrogen and oxygen atoms in total. The Hall–Kier alpha value is -2.81. The first kappa shape index (κ1) is 18.5. The predicted octanol–water partition coefficient (Wildman–Crippen LogP) is 5.04. The second-order valence-corrected chi connectivity index (χ2v) is 8.22. The lowest BCUT2D eigenvalue weighted by Crippen LogP contribution is -2.13. The van der Waals surface area contributed by atoms with Crippen molar-refractivity contribution >= 4 is 15.7 Å². The molecule has 1 heterocycles. The maximum Gasteiger partial charge on any atom is 0.416 e. The molecule has 4 rings (SSSR count). The normalized spacial score (nSPS) is 14.8. The van der Waals surface area contributed by atoms with E-state index in [1.165, 1.54) is 12.1 Å². The summed E-state index contributed by atoms with van der Waals surface area (Å²) in [6.07, 6.45) is -0.746. The van der Waals surface area contributed by atoms with E-state index in [0.717, 1.165) is 37.1 Å². The van der Waals surface area contributed by atoms with Crippen molar-refractivity contribution in [3.8, 4) is 11.3 Å². The van der Waals surface area contributed by atoms with Crippen molar-refractivity contribution in [2.75, 3.05) is 4.72 Å². The number of halogens is 3. The number of oxazole rings is 1. The number of hydrogen-bond donors (Lipinski definition) is 1. The fourth-order valence-corrected chi connectivity index (χ4v) is 3.74. The predicted molar refractivity (Wildman–Crippen MR) is 96.2 cm³/mol. The lowest BCUT2D eigenvalue weighted by molar-refractivity contribution is -0.137. The molecule has 146 valence electrons. The van der Waals surface area contributed by atoms with Crippen LogP contribution < -0.4 is 4.72 Å². The molecule has 0 saturated heterocycles. The Morgan fingerprint density at radius 3 is 2.21 bits per heavy atom. The Morgan fingerprint density at radius 2 is 1.64 bits per heavy atom. The number of rotatable bonds is 5. The Bertz CT molecular complexity index is 1080. The largest absolute Gasteiger partial charge is 0.440 e. The van der Waals surface area contributed by atoms with Crippen molar-refractivity contribution in [2.24, 2.45) is 0 Å². The van der Waals surface area contributed by atoms with Gasteiger partial charge < -0.3 is 4.42 Å². The van der Waals surface area contributed by atoms with E-state index in [4.69, 9.17) is 4.42 Å². The average Bonchev–Trinajstić information content (AvgIpc) is 3.38. The summed E-state index contributed by atoms with van der Waals surface area (Å²) in [5.41, 5.74) is -0.119. The molecule has 1 aromatic heterocycles. The highest BCUT2D eigenvalue weighted by Gasteiger charge is 2.30. The van der Waals surface area contributed by atoms with Crippen molar-refractivity contribution < 1.29 is 26.0 Å². The van der Waals surface area contributed by atoms with Crippen LogP contribution in [0.2, 0.25) is 0 Å². The molecule has 0 spiro atoms. The minimum atomic E-state index is -4.48. The molecule has 9 heteroatoms. The van der Waals surface area contributed by atoms with Gasteiger partial charge in [0.2, 0.25) is 0 Å². The topological polar surface area (TPSA) is 72.2 Å². The van der Waals surface area contributed by atoms with E-state index in [2.05, 4.69) is 9.71 Å². The Kier molecular flexibility index (Phi) is 4.41. The molecule has 0 bridgehead atoms. The van der Waals surface area contributed by atoms with Gasteiger partial charge in [-0.2, -0.15) is 13.2 Å². The maximum atomic E-state index is 12.6. The van der Waals surface area contributed by atoms with Gasteiger partial charge in [-0.3, -0.25) is 4.72 Å². The third kappa shape index (κ3) is 3.89. The van der Waals surface area contributed by atoms with Crippen LogP contribution in [0.1, 0.15) is 30.2 Å². The van der Waals surface area contributed by atoms with Gasteiger partial charge in [0, 0.05) is 17.2 Å². The van der Waals surface area contributed by atoms with Gasteiger partial charge in [0.25, 0.3) is 10.0 Å². The molecule has 0 unspecified atom stereocenters. The first-order chi connectivity index (χ1) is 13.2. The Labute approximate surface area is 159 Å². The van der Waals surface area contributed by atoms with Crippen molar-refractivity contribution in [3.05, 3.63) is 66.2 Å². The number of anilines is 1. The van der Waals surface area contributed by atoms with Gasteiger partial charge in [-0.15, -0.1) is 0 Å². The Balaban J connectivity index is 1.50. The minimum absolute atomic E-state index is 0.0157. The summed E-state index contributed by atoms with van der Waals surface area (Å²) in [5, 5.41) is 0. The number of nitrogens with zero attached hydrogens (tertiary/aromatic N) is 1. The SMILES string of the molecule is O=S(=O)(Nc1ccc(C(F)(F)F)cc1)c1ccc(-c2cnc(C3CC3)o2)cc1. The lowest BCUT2D eigenvalue weighted by Gasteiger charge is -2.10. The van der Waals surface area contributed by atoms with E-state index in [-0.39, 0.29) is 10.6 Å². The summed E-state index contributed by atoms with van der Waals surface area (Å²) < 4.78 is 70.7. The molecule has 28 heavy (non-hydrogen) atoms. The number of aromatic nitrogens is 1. The zero-order chi connectivity index (χ0) is 19.9. The Morgan fingerprint density at radius 1 is 1.00 bits per heavy atom. The smallest absolute Gasteiger partial charge is 0.416 e. The first-order valence-electron chi connectivity index (χ1n) is 8.49. The second-order valence-electron chi connectivity index (χ2n) is 6.54. The van der Waals surface area contributed by atoms with Crippen LogP contribution >= 0.6 is 0 Å². The molecule has 1 aliphatic carbocycles. The summed E-state index contributed by atoms with van der Waals surface area (Å²) in [6.45, 7) is 0. The van der Waals surface area contributed by atoms with E-state index >= 15 is 0 Å². The van der Waals surface area contributed by atoms with Gasteiger partial charge in [0.15, 0.2) is 11.7 Å². The van der Waals surface area contributed by atoms with Crippen LogP contribution in [0, 0.1) is 0 Å². The quantitative estimate of drug-likeness (QED) is 0.642. The zero-order valence-electron chi connectivity index (χ0n) is 14.4. The van der Waals surface area contributed by atoms with Crippen LogP contribution in [-0.4, -0.2) is 13.4 Å². The lowest BCUT2D eigenvalue weighted by atomic mass is 10.2. The van der Waals surface area contributed by atoms with E-state index in [0.29, 0.717) is 23.1 Å².